The molecular weight excluding hydrogens is 526 g/mol. The quantitative estimate of drug-likeness (QED) is 0.441. The van der Waals surface area contributed by atoms with Gasteiger partial charge in [-0.3, -0.25) is 19.4 Å². The number of carbonyl (C=O) groups excluding carboxylic acids is 2. The molecule has 2 aliphatic rings. The molecule has 12 heteroatoms. The molecule has 0 bridgehead atoms. The fourth-order valence-corrected chi connectivity index (χ4v) is 5.28. The Labute approximate surface area is 222 Å². The van der Waals surface area contributed by atoms with Crippen molar-refractivity contribution < 1.29 is 35.9 Å². The number of hydrogen-bond donors (Lipinski definition) is 2. The molecule has 0 radical (unpaired) electrons. The van der Waals surface area contributed by atoms with Crippen LogP contribution in [0.1, 0.15) is 36.8 Å². The van der Waals surface area contributed by atoms with E-state index in [-0.39, 0.29) is 24.5 Å². The highest BCUT2D eigenvalue weighted by Gasteiger charge is 2.72. The van der Waals surface area contributed by atoms with Crippen LogP contribution in [0.15, 0.2) is 48.5 Å². The highest BCUT2D eigenvalue weighted by molar-refractivity contribution is 5.93. The first-order valence-corrected chi connectivity index (χ1v) is 12.8. The second kappa shape index (κ2) is 11.5. The summed E-state index contributed by atoms with van der Waals surface area (Å²) in [5, 5.41) is 5.06. The van der Waals surface area contributed by atoms with E-state index in [1.807, 2.05) is 9.80 Å². The largest absolute Gasteiger partial charge is 0.411 e. The zero-order valence-electron chi connectivity index (χ0n) is 21.2. The first kappa shape index (κ1) is 28.9. The number of anilines is 2. The van der Waals surface area contributed by atoms with Crippen LogP contribution in [0.5, 0.6) is 0 Å². The maximum absolute atomic E-state index is 14.4. The Hall–Kier alpha value is -3.12. The van der Waals surface area contributed by atoms with Gasteiger partial charge in [0.05, 0.1) is 13.1 Å². The van der Waals surface area contributed by atoms with Gasteiger partial charge < -0.3 is 10.6 Å². The summed E-state index contributed by atoms with van der Waals surface area (Å²) in [7, 11) is 0. The van der Waals surface area contributed by atoms with Crippen molar-refractivity contribution in [2.24, 2.45) is 0 Å². The van der Waals surface area contributed by atoms with E-state index in [4.69, 9.17) is 0 Å². The van der Waals surface area contributed by atoms with E-state index < -0.39 is 40.7 Å². The van der Waals surface area contributed by atoms with E-state index in [1.54, 1.807) is 0 Å². The first-order chi connectivity index (χ1) is 18.4. The van der Waals surface area contributed by atoms with Crippen LogP contribution in [0.25, 0.3) is 0 Å². The number of benzene rings is 2. The summed E-state index contributed by atoms with van der Waals surface area (Å²) in [4.78, 5) is 28.3. The van der Waals surface area contributed by atoms with E-state index in [0.29, 0.717) is 0 Å². The predicted octanol–water partition coefficient (Wildman–Crippen LogP) is 5.17. The lowest BCUT2D eigenvalue weighted by atomic mass is 9.73. The summed E-state index contributed by atoms with van der Waals surface area (Å²) in [6.07, 6.45) is -7.63. The molecule has 212 valence electrons. The Morgan fingerprint density at radius 2 is 0.897 bits per heavy atom. The van der Waals surface area contributed by atoms with Crippen molar-refractivity contribution in [1.82, 2.24) is 9.80 Å². The molecule has 4 rings (SSSR count). The third kappa shape index (κ3) is 6.38. The van der Waals surface area contributed by atoms with Gasteiger partial charge in [-0.05, 0) is 87.3 Å². The van der Waals surface area contributed by atoms with E-state index in [9.17, 15) is 35.9 Å². The number of carbonyl (C=O) groups is 2. The van der Waals surface area contributed by atoms with Gasteiger partial charge in [0.25, 0.3) is 0 Å². The van der Waals surface area contributed by atoms with Gasteiger partial charge in [-0.15, -0.1) is 0 Å². The van der Waals surface area contributed by atoms with Crippen LogP contribution in [-0.2, 0) is 15.0 Å². The third-order valence-electron chi connectivity index (χ3n) is 7.19. The molecule has 2 aromatic rings. The maximum Gasteiger partial charge on any atom is 0.411 e. The van der Waals surface area contributed by atoms with Crippen LogP contribution in [0.2, 0.25) is 0 Å². The molecule has 0 saturated carbocycles. The molecule has 2 aromatic carbocycles. The fourth-order valence-electron chi connectivity index (χ4n) is 5.28. The normalized spacial score (nSPS) is 17.4. The van der Waals surface area contributed by atoms with Gasteiger partial charge >= 0.3 is 12.4 Å². The molecule has 2 saturated heterocycles. The summed E-state index contributed by atoms with van der Waals surface area (Å²) in [5.74, 6) is -0.796. The van der Waals surface area contributed by atoms with E-state index in [0.717, 1.165) is 100 Å². The van der Waals surface area contributed by atoms with Crippen LogP contribution >= 0.6 is 0 Å². The van der Waals surface area contributed by atoms with Gasteiger partial charge in [0.15, 0.2) is 0 Å². The molecule has 2 aliphatic heterocycles. The van der Waals surface area contributed by atoms with Gasteiger partial charge in [0, 0.05) is 11.4 Å². The SMILES string of the molecule is O=C(CN1CCCC1)Nc1ccc(C(c2ccc(NC(=O)CN3CCCC3)cc2)(C(F)(F)F)C(F)(F)F)cc1. The number of amides is 2. The molecule has 39 heavy (non-hydrogen) atoms. The average Bonchev–Trinajstić information content (AvgIpc) is 3.54. The zero-order valence-corrected chi connectivity index (χ0v) is 21.2. The number of halogens is 6. The smallest absolute Gasteiger partial charge is 0.325 e. The lowest BCUT2D eigenvalue weighted by Crippen LogP contribution is -2.54. The van der Waals surface area contributed by atoms with Crippen molar-refractivity contribution in [3.63, 3.8) is 0 Å². The minimum absolute atomic E-state index is 0.0947. The summed E-state index contributed by atoms with van der Waals surface area (Å²) in [5.41, 5.74) is -6.21. The lowest BCUT2D eigenvalue weighted by Gasteiger charge is -2.38. The summed E-state index contributed by atoms with van der Waals surface area (Å²) >= 11 is 0. The van der Waals surface area contributed by atoms with Gasteiger partial charge in [0.2, 0.25) is 17.2 Å². The van der Waals surface area contributed by atoms with Crippen LogP contribution in [0.4, 0.5) is 37.7 Å². The standard InChI is InChI=1S/C27H30F6N4O2/c28-26(29,30)25(27(31,32)33,19-5-9-21(10-6-19)34-23(38)17-36-13-1-2-14-36)20-7-11-22(12-8-20)35-24(39)18-37-15-3-4-16-37/h5-12H,1-4,13-18H2,(H,34,38)(H,35,39). The Morgan fingerprint density at radius 1 is 0.590 bits per heavy atom. The third-order valence-corrected chi connectivity index (χ3v) is 7.19. The van der Waals surface area contributed by atoms with Crippen LogP contribution in [-0.4, -0.2) is 73.2 Å². The molecule has 0 atom stereocenters. The van der Waals surface area contributed by atoms with Crippen LogP contribution < -0.4 is 10.6 Å². The van der Waals surface area contributed by atoms with Crippen molar-refractivity contribution in [2.75, 3.05) is 49.9 Å². The molecule has 2 N–H and O–H groups in total. The van der Waals surface area contributed by atoms with Gasteiger partial charge in [-0.1, -0.05) is 24.3 Å². The molecule has 0 unspecified atom stereocenters. The molecular formula is C27H30F6N4O2. The lowest BCUT2D eigenvalue weighted by molar-refractivity contribution is -0.288. The van der Waals surface area contributed by atoms with Crippen LogP contribution in [0.3, 0.4) is 0 Å². The number of hydrogen-bond acceptors (Lipinski definition) is 4. The molecule has 2 amide bonds. The van der Waals surface area contributed by atoms with Crippen molar-refractivity contribution in [1.29, 1.82) is 0 Å². The number of rotatable bonds is 8. The molecule has 2 heterocycles. The first-order valence-electron chi connectivity index (χ1n) is 12.8. The zero-order chi connectivity index (χ0) is 28.3. The van der Waals surface area contributed by atoms with Crippen molar-refractivity contribution in [2.45, 2.75) is 43.5 Å². The fraction of sp³-hybridized carbons (Fsp3) is 0.481. The van der Waals surface area contributed by atoms with Crippen molar-refractivity contribution in [3.05, 3.63) is 59.7 Å². The van der Waals surface area contributed by atoms with Gasteiger partial charge in [-0.25, -0.2) is 0 Å². The Morgan fingerprint density at radius 3 is 1.18 bits per heavy atom. The minimum atomic E-state index is -5.74. The summed E-state index contributed by atoms with van der Waals surface area (Å²) < 4.78 is 86.7. The van der Waals surface area contributed by atoms with E-state index in [2.05, 4.69) is 10.6 Å². The number of nitrogens with zero attached hydrogens (tertiary/aromatic N) is 2. The summed E-state index contributed by atoms with van der Waals surface area (Å²) in [6, 6.07) is 7.09. The predicted molar refractivity (Wildman–Crippen MR) is 134 cm³/mol. The van der Waals surface area contributed by atoms with Gasteiger partial charge in [0.1, 0.15) is 0 Å². The molecule has 2 fully saturated rings. The second-order valence-electron chi connectivity index (χ2n) is 9.96. The molecule has 0 spiro atoms. The topological polar surface area (TPSA) is 64.7 Å². The Bertz CT molecular complexity index is 1050. The van der Waals surface area contributed by atoms with Crippen molar-refractivity contribution in [3.8, 4) is 0 Å². The van der Waals surface area contributed by atoms with E-state index in [1.165, 1.54) is 0 Å². The monoisotopic (exact) mass is 556 g/mol. The average molecular weight is 557 g/mol. The van der Waals surface area contributed by atoms with E-state index >= 15 is 0 Å². The van der Waals surface area contributed by atoms with Gasteiger partial charge in [-0.2, -0.15) is 26.3 Å². The van der Waals surface area contributed by atoms with Crippen molar-refractivity contribution >= 4 is 23.2 Å². The Kier molecular flexibility index (Phi) is 8.55. The Balaban J connectivity index is 1.57. The highest BCUT2D eigenvalue weighted by Crippen LogP contribution is 2.56. The molecule has 0 aliphatic carbocycles. The second-order valence-corrected chi connectivity index (χ2v) is 9.96. The number of nitrogens with one attached hydrogen (secondary N) is 2. The number of likely N-dealkylation sites (tertiary alicyclic amines) is 2. The van der Waals surface area contributed by atoms with Crippen LogP contribution in [0, 0.1) is 0 Å². The molecule has 6 nitrogen and oxygen atoms in total. The molecule has 0 aromatic heterocycles. The number of alkyl halides is 6. The minimum Gasteiger partial charge on any atom is -0.325 e. The maximum atomic E-state index is 14.4. The highest BCUT2D eigenvalue weighted by atomic mass is 19.4. The summed E-state index contributed by atoms with van der Waals surface area (Å²) in [6.45, 7) is 3.22.